The highest BCUT2D eigenvalue weighted by Crippen LogP contribution is 2.22. The third-order valence-corrected chi connectivity index (χ3v) is 5.00. The summed E-state index contributed by atoms with van der Waals surface area (Å²) < 4.78 is 1.06. The molecule has 19 heavy (non-hydrogen) atoms. The standard InChI is InChI=1S/C15H16BrNOS/c1-10-3-4-12(7-11(10)2)8-15(18)17-9-14-13(16)5-6-19-14/h3-7H,8-9H2,1-2H3,(H,17,18). The van der Waals surface area contributed by atoms with Gasteiger partial charge in [-0.05, 0) is 57.9 Å². The Morgan fingerprint density at radius 1 is 1.26 bits per heavy atom. The summed E-state index contributed by atoms with van der Waals surface area (Å²) in [6.07, 6.45) is 0.435. The molecular weight excluding hydrogens is 322 g/mol. The lowest BCUT2D eigenvalue weighted by molar-refractivity contribution is -0.120. The van der Waals surface area contributed by atoms with Crippen molar-refractivity contribution < 1.29 is 4.79 Å². The molecule has 0 fully saturated rings. The maximum absolute atomic E-state index is 11.9. The smallest absolute Gasteiger partial charge is 0.224 e. The molecule has 1 aromatic carbocycles. The van der Waals surface area contributed by atoms with Crippen molar-refractivity contribution in [3.63, 3.8) is 0 Å². The summed E-state index contributed by atoms with van der Waals surface area (Å²) in [5.41, 5.74) is 3.55. The van der Waals surface area contributed by atoms with Crippen molar-refractivity contribution in [3.05, 3.63) is 55.7 Å². The van der Waals surface area contributed by atoms with Gasteiger partial charge < -0.3 is 5.32 Å². The number of thiophene rings is 1. The lowest BCUT2D eigenvalue weighted by atomic mass is 10.0. The highest BCUT2D eigenvalue weighted by Gasteiger charge is 2.06. The van der Waals surface area contributed by atoms with Crippen LogP contribution in [0, 0.1) is 13.8 Å². The molecule has 0 saturated carbocycles. The molecule has 1 heterocycles. The van der Waals surface area contributed by atoms with Crippen molar-refractivity contribution in [2.24, 2.45) is 0 Å². The number of nitrogens with one attached hydrogen (secondary N) is 1. The number of aryl methyl sites for hydroxylation is 2. The molecule has 1 aromatic heterocycles. The Balaban J connectivity index is 1.91. The van der Waals surface area contributed by atoms with Crippen LogP contribution in [0.2, 0.25) is 0 Å². The quantitative estimate of drug-likeness (QED) is 0.897. The van der Waals surface area contributed by atoms with Crippen LogP contribution < -0.4 is 5.32 Å². The molecule has 0 aliphatic carbocycles. The molecule has 100 valence electrons. The molecule has 2 nitrogen and oxygen atoms in total. The summed E-state index contributed by atoms with van der Waals surface area (Å²) in [5.74, 6) is 0.0588. The van der Waals surface area contributed by atoms with Crippen LogP contribution in [0.5, 0.6) is 0 Å². The van der Waals surface area contributed by atoms with Crippen molar-refractivity contribution in [3.8, 4) is 0 Å². The lowest BCUT2D eigenvalue weighted by Gasteiger charge is -2.06. The number of halogens is 1. The number of hydrogen-bond acceptors (Lipinski definition) is 2. The van der Waals surface area contributed by atoms with E-state index in [4.69, 9.17) is 0 Å². The lowest BCUT2D eigenvalue weighted by Crippen LogP contribution is -2.24. The molecule has 1 N–H and O–H groups in total. The maximum atomic E-state index is 11.9. The summed E-state index contributed by atoms with van der Waals surface area (Å²) in [6, 6.07) is 8.15. The fraction of sp³-hybridized carbons (Fsp3) is 0.267. The van der Waals surface area contributed by atoms with Gasteiger partial charge in [0, 0.05) is 9.35 Å². The van der Waals surface area contributed by atoms with Crippen LogP contribution >= 0.6 is 27.3 Å². The van der Waals surface area contributed by atoms with Gasteiger partial charge in [0.15, 0.2) is 0 Å². The van der Waals surface area contributed by atoms with E-state index in [1.165, 1.54) is 11.1 Å². The summed E-state index contributed by atoms with van der Waals surface area (Å²) in [6.45, 7) is 4.73. The average molecular weight is 338 g/mol. The van der Waals surface area contributed by atoms with Crippen molar-refractivity contribution in [1.29, 1.82) is 0 Å². The van der Waals surface area contributed by atoms with E-state index in [0.29, 0.717) is 13.0 Å². The van der Waals surface area contributed by atoms with E-state index < -0.39 is 0 Å². The van der Waals surface area contributed by atoms with Gasteiger partial charge in [0.2, 0.25) is 5.91 Å². The predicted molar refractivity (Wildman–Crippen MR) is 83.5 cm³/mol. The first kappa shape index (κ1) is 14.3. The molecule has 0 aliphatic rings. The molecular formula is C15H16BrNOS. The van der Waals surface area contributed by atoms with E-state index in [0.717, 1.165) is 14.9 Å². The van der Waals surface area contributed by atoms with Crippen LogP contribution in [0.4, 0.5) is 0 Å². The molecule has 2 rings (SSSR count). The van der Waals surface area contributed by atoms with Gasteiger partial charge in [0.25, 0.3) is 0 Å². The number of carbonyl (C=O) groups is 1. The zero-order valence-corrected chi connectivity index (χ0v) is 13.4. The Bertz CT molecular complexity index is 592. The number of rotatable bonds is 4. The van der Waals surface area contributed by atoms with Crippen LogP contribution in [0.15, 0.2) is 34.1 Å². The summed E-state index contributed by atoms with van der Waals surface area (Å²) in [5, 5.41) is 4.96. The monoisotopic (exact) mass is 337 g/mol. The van der Waals surface area contributed by atoms with Gasteiger partial charge in [-0.3, -0.25) is 4.79 Å². The van der Waals surface area contributed by atoms with E-state index in [9.17, 15) is 4.79 Å². The van der Waals surface area contributed by atoms with Crippen molar-refractivity contribution in [1.82, 2.24) is 5.32 Å². The minimum absolute atomic E-state index is 0.0588. The zero-order chi connectivity index (χ0) is 13.8. The topological polar surface area (TPSA) is 29.1 Å². The van der Waals surface area contributed by atoms with Crippen molar-refractivity contribution in [2.45, 2.75) is 26.8 Å². The minimum Gasteiger partial charge on any atom is -0.351 e. The van der Waals surface area contributed by atoms with E-state index in [1.807, 2.05) is 17.5 Å². The summed E-state index contributed by atoms with van der Waals surface area (Å²) >= 11 is 5.10. The first-order chi connectivity index (χ1) is 9.06. The van der Waals surface area contributed by atoms with Gasteiger partial charge in [0.05, 0.1) is 13.0 Å². The Kier molecular flexibility index (Phi) is 4.77. The van der Waals surface area contributed by atoms with Crippen LogP contribution in [0.3, 0.4) is 0 Å². The summed E-state index contributed by atoms with van der Waals surface area (Å²) in [4.78, 5) is 13.0. The zero-order valence-electron chi connectivity index (χ0n) is 11.0. The summed E-state index contributed by atoms with van der Waals surface area (Å²) in [7, 11) is 0. The van der Waals surface area contributed by atoms with E-state index in [2.05, 4.69) is 47.2 Å². The van der Waals surface area contributed by atoms with E-state index >= 15 is 0 Å². The number of amides is 1. The number of benzene rings is 1. The number of carbonyl (C=O) groups excluding carboxylic acids is 1. The molecule has 0 aliphatic heterocycles. The SMILES string of the molecule is Cc1ccc(CC(=O)NCc2sccc2Br)cc1C. The van der Waals surface area contributed by atoms with Crippen LogP contribution in [-0.4, -0.2) is 5.91 Å². The fourth-order valence-corrected chi connectivity index (χ4v) is 3.22. The number of hydrogen-bond donors (Lipinski definition) is 1. The van der Waals surface area contributed by atoms with Gasteiger partial charge in [-0.15, -0.1) is 11.3 Å². The highest BCUT2D eigenvalue weighted by molar-refractivity contribution is 9.10. The normalized spacial score (nSPS) is 10.5. The third-order valence-electron chi connectivity index (χ3n) is 3.07. The van der Waals surface area contributed by atoms with Gasteiger partial charge in [-0.1, -0.05) is 18.2 Å². The second-order valence-electron chi connectivity index (χ2n) is 4.56. The molecule has 0 unspecified atom stereocenters. The maximum Gasteiger partial charge on any atom is 0.224 e. The molecule has 0 saturated heterocycles. The Labute approximate surface area is 126 Å². The molecule has 0 radical (unpaired) electrons. The first-order valence-electron chi connectivity index (χ1n) is 6.11. The fourth-order valence-electron chi connectivity index (χ4n) is 1.79. The Hall–Kier alpha value is -1.13. The molecule has 2 aromatic rings. The molecule has 0 spiro atoms. The van der Waals surface area contributed by atoms with Crippen molar-refractivity contribution >= 4 is 33.2 Å². The second kappa shape index (κ2) is 6.35. The van der Waals surface area contributed by atoms with Gasteiger partial charge >= 0.3 is 0 Å². The van der Waals surface area contributed by atoms with Crippen LogP contribution in [0.25, 0.3) is 0 Å². The highest BCUT2D eigenvalue weighted by atomic mass is 79.9. The van der Waals surface area contributed by atoms with Gasteiger partial charge in [-0.2, -0.15) is 0 Å². The second-order valence-corrected chi connectivity index (χ2v) is 6.42. The van der Waals surface area contributed by atoms with Crippen LogP contribution in [-0.2, 0) is 17.8 Å². The molecule has 0 atom stereocenters. The van der Waals surface area contributed by atoms with Crippen LogP contribution in [0.1, 0.15) is 21.6 Å². The Morgan fingerprint density at radius 3 is 2.68 bits per heavy atom. The van der Waals surface area contributed by atoms with E-state index in [1.54, 1.807) is 11.3 Å². The minimum atomic E-state index is 0.0588. The largest absolute Gasteiger partial charge is 0.351 e. The molecule has 1 amide bonds. The molecule has 0 bridgehead atoms. The average Bonchev–Trinajstić information content (AvgIpc) is 2.77. The third kappa shape index (κ3) is 3.91. The molecule has 4 heteroatoms. The van der Waals surface area contributed by atoms with Crippen molar-refractivity contribution in [2.75, 3.05) is 0 Å². The van der Waals surface area contributed by atoms with Gasteiger partial charge in [-0.25, -0.2) is 0 Å². The van der Waals surface area contributed by atoms with E-state index in [-0.39, 0.29) is 5.91 Å². The Morgan fingerprint density at radius 2 is 2.05 bits per heavy atom. The van der Waals surface area contributed by atoms with Gasteiger partial charge in [0.1, 0.15) is 0 Å². The predicted octanol–water partition coefficient (Wildman–Crippen LogP) is 3.99. The first-order valence-corrected chi connectivity index (χ1v) is 7.78.